The van der Waals surface area contributed by atoms with Gasteiger partial charge in [0.25, 0.3) is 0 Å². The standard InChI is InChI=1S/C15H29NO/c1-4-6-7-14(5-2)10-13(3)11-15-12-17-9-8-16-15/h10,14-16H,4-9,11-12H2,1-3H3/b13-10-. The van der Waals surface area contributed by atoms with Gasteiger partial charge in [0.1, 0.15) is 0 Å². The molecule has 1 aliphatic heterocycles. The Labute approximate surface area is 107 Å². The van der Waals surface area contributed by atoms with Crippen LogP contribution in [-0.4, -0.2) is 25.8 Å². The van der Waals surface area contributed by atoms with Gasteiger partial charge in [-0.05, 0) is 32.1 Å². The number of rotatable bonds is 7. The molecule has 1 aliphatic rings. The van der Waals surface area contributed by atoms with Crippen LogP contribution in [0.2, 0.25) is 0 Å². The molecule has 0 spiro atoms. The summed E-state index contributed by atoms with van der Waals surface area (Å²) in [5.74, 6) is 0.777. The van der Waals surface area contributed by atoms with E-state index in [1.54, 1.807) is 0 Å². The van der Waals surface area contributed by atoms with Gasteiger partial charge in [0.15, 0.2) is 0 Å². The largest absolute Gasteiger partial charge is 0.379 e. The fourth-order valence-electron chi connectivity index (χ4n) is 2.48. The molecule has 0 aromatic heterocycles. The lowest BCUT2D eigenvalue weighted by molar-refractivity contribution is 0.0769. The molecule has 100 valence electrons. The smallest absolute Gasteiger partial charge is 0.0623 e. The highest BCUT2D eigenvalue weighted by molar-refractivity contribution is 5.03. The van der Waals surface area contributed by atoms with Gasteiger partial charge in [0.2, 0.25) is 0 Å². The predicted octanol–water partition coefficient (Wildman–Crippen LogP) is 3.53. The molecular weight excluding hydrogens is 210 g/mol. The Balaban J connectivity index is 2.34. The molecule has 2 heteroatoms. The molecule has 0 aromatic carbocycles. The van der Waals surface area contributed by atoms with Crippen LogP contribution in [0.25, 0.3) is 0 Å². The van der Waals surface area contributed by atoms with E-state index in [0.29, 0.717) is 6.04 Å². The third-order valence-corrected chi connectivity index (χ3v) is 3.54. The number of nitrogens with one attached hydrogen (secondary N) is 1. The maximum Gasteiger partial charge on any atom is 0.0623 e. The van der Waals surface area contributed by atoms with E-state index in [1.807, 2.05) is 0 Å². The second-order valence-electron chi connectivity index (χ2n) is 5.25. The minimum atomic E-state index is 0.531. The maximum absolute atomic E-state index is 5.49. The minimum Gasteiger partial charge on any atom is -0.379 e. The highest BCUT2D eigenvalue weighted by atomic mass is 16.5. The molecule has 0 saturated carbocycles. The van der Waals surface area contributed by atoms with Crippen LogP contribution in [0.4, 0.5) is 0 Å². The van der Waals surface area contributed by atoms with Crippen molar-refractivity contribution in [3.8, 4) is 0 Å². The molecule has 1 saturated heterocycles. The van der Waals surface area contributed by atoms with E-state index < -0.39 is 0 Å². The van der Waals surface area contributed by atoms with Gasteiger partial charge in [-0.15, -0.1) is 0 Å². The van der Waals surface area contributed by atoms with Crippen LogP contribution in [-0.2, 0) is 4.74 Å². The molecule has 1 rings (SSSR count). The molecular formula is C15H29NO. The summed E-state index contributed by atoms with van der Waals surface area (Å²) in [6.45, 7) is 9.58. The molecule has 1 N–H and O–H groups in total. The Morgan fingerprint density at radius 2 is 2.29 bits per heavy atom. The zero-order valence-corrected chi connectivity index (χ0v) is 11.8. The van der Waals surface area contributed by atoms with E-state index in [-0.39, 0.29) is 0 Å². The zero-order chi connectivity index (χ0) is 12.5. The summed E-state index contributed by atoms with van der Waals surface area (Å²) in [4.78, 5) is 0. The highest BCUT2D eigenvalue weighted by Crippen LogP contribution is 2.18. The third kappa shape index (κ3) is 6.23. The Morgan fingerprint density at radius 3 is 2.88 bits per heavy atom. The normalized spacial score (nSPS) is 23.7. The summed E-state index contributed by atoms with van der Waals surface area (Å²) in [7, 11) is 0. The van der Waals surface area contributed by atoms with Gasteiger partial charge in [0.05, 0.1) is 13.2 Å². The Hall–Kier alpha value is -0.340. The van der Waals surface area contributed by atoms with E-state index in [1.165, 1.54) is 31.3 Å². The summed E-state index contributed by atoms with van der Waals surface area (Å²) < 4.78 is 5.49. The molecule has 2 unspecified atom stereocenters. The molecule has 0 aliphatic carbocycles. The number of hydrogen-bond donors (Lipinski definition) is 1. The molecule has 0 bridgehead atoms. The van der Waals surface area contributed by atoms with Crippen molar-refractivity contribution < 1.29 is 4.74 Å². The number of unbranched alkanes of at least 4 members (excludes halogenated alkanes) is 1. The predicted molar refractivity (Wildman–Crippen MR) is 74.3 cm³/mol. The number of allylic oxidation sites excluding steroid dienone is 1. The van der Waals surface area contributed by atoms with Crippen molar-refractivity contribution in [2.75, 3.05) is 19.8 Å². The van der Waals surface area contributed by atoms with E-state index in [9.17, 15) is 0 Å². The lowest BCUT2D eigenvalue weighted by atomic mass is 9.95. The first-order chi connectivity index (χ1) is 8.26. The van der Waals surface area contributed by atoms with Crippen molar-refractivity contribution in [1.29, 1.82) is 0 Å². The SMILES string of the molecule is CCCCC(/C=C(/C)CC1COCCN1)CC. The molecule has 2 atom stereocenters. The van der Waals surface area contributed by atoms with Crippen LogP contribution < -0.4 is 5.32 Å². The van der Waals surface area contributed by atoms with Crippen LogP contribution in [0.3, 0.4) is 0 Å². The van der Waals surface area contributed by atoms with Crippen molar-refractivity contribution in [3.05, 3.63) is 11.6 Å². The third-order valence-electron chi connectivity index (χ3n) is 3.54. The topological polar surface area (TPSA) is 21.3 Å². The van der Waals surface area contributed by atoms with Gasteiger partial charge in [-0.25, -0.2) is 0 Å². The lowest BCUT2D eigenvalue weighted by Gasteiger charge is -2.24. The van der Waals surface area contributed by atoms with Crippen molar-refractivity contribution >= 4 is 0 Å². The van der Waals surface area contributed by atoms with Crippen LogP contribution in [0.5, 0.6) is 0 Å². The molecule has 0 amide bonds. The fraction of sp³-hybridized carbons (Fsp3) is 0.867. The molecule has 1 fully saturated rings. The first-order valence-electron chi connectivity index (χ1n) is 7.24. The second kappa shape index (κ2) is 8.71. The average Bonchev–Trinajstić information content (AvgIpc) is 2.35. The average molecular weight is 239 g/mol. The Kier molecular flexibility index (Phi) is 7.54. The van der Waals surface area contributed by atoms with Gasteiger partial charge >= 0.3 is 0 Å². The van der Waals surface area contributed by atoms with E-state index >= 15 is 0 Å². The van der Waals surface area contributed by atoms with E-state index in [4.69, 9.17) is 4.74 Å². The van der Waals surface area contributed by atoms with Gasteiger partial charge < -0.3 is 10.1 Å². The van der Waals surface area contributed by atoms with Crippen molar-refractivity contribution in [2.24, 2.45) is 5.92 Å². The molecule has 0 radical (unpaired) electrons. The highest BCUT2D eigenvalue weighted by Gasteiger charge is 2.13. The van der Waals surface area contributed by atoms with Crippen molar-refractivity contribution in [2.45, 2.75) is 58.9 Å². The number of ether oxygens (including phenoxy) is 1. The monoisotopic (exact) mass is 239 g/mol. The lowest BCUT2D eigenvalue weighted by Crippen LogP contribution is -2.41. The van der Waals surface area contributed by atoms with E-state index in [2.05, 4.69) is 32.2 Å². The van der Waals surface area contributed by atoms with Crippen LogP contribution >= 0.6 is 0 Å². The minimum absolute atomic E-state index is 0.531. The first-order valence-corrected chi connectivity index (χ1v) is 7.24. The Morgan fingerprint density at radius 1 is 1.47 bits per heavy atom. The summed E-state index contributed by atoms with van der Waals surface area (Å²) in [5, 5.41) is 3.52. The van der Waals surface area contributed by atoms with Crippen LogP contribution in [0, 0.1) is 5.92 Å². The summed E-state index contributed by atoms with van der Waals surface area (Å²) >= 11 is 0. The maximum atomic E-state index is 5.49. The van der Waals surface area contributed by atoms with Crippen molar-refractivity contribution in [3.63, 3.8) is 0 Å². The molecule has 0 aromatic rings. The van der Waals surface area contributed by atoms with E-state index in [0.717, 1.165) is 32.1 Å². The molecule has 2 nitrogen and oxygen atoms in total. The number of morpholine rings is 1. The first kappa shape index (κ1) is 14.7. The number of hydrogen-bond acceptors (Lipinski definition) is 2. The zero-order valence-electron chi connectivity index (χ0n) is 11.8. The van der Waals surface area contributed by atoms with Crippen LogP contribution in [0.15, 0.2) is 11.6 Å². The summed E-state index contributed by atoms with van der Waals surface area (Å²) in [6.07, 6.45) is 8.91. The van der Waals surface area contributed by atoms with Gasteiger partial charge in [-0.2, -0.15) is 0 Å². The quantitative estimate of drug-likeness (QED) is 0.686. The fourth-order valence-corrected chi connectivity index (χ4v) is 2.48. The van der Waals surface area contributed by atoms with Gasteiger partial charge in [-0.3, -0.25) is 0 Å². The van der Waals surface area contributed by atoms with Gasteiger partial charge in [0, 0.05) is 12.6 Å². The Bertz CT molecular complexity index is 219. The molecule has 17 heavy (non-hydrogen) atoms. The summed E-state index contributed by atoms with van der Waals surface area (Å²) in [6, 6.07) is 0.531. The summed E-state index contributed by atoms with van der Waals surface area (Å²) in [5.41, 5.74) is 1.52. The molecule has 1 heterocycles. The van der Waals surface area contributed by atoms with Crippen molar-refractivity contribution in [1.82, 2.24) is 5.32 Å². The second-order valence-corrected chi connectivity index (χ2v) is 5.25. The van der Waals surface area contributed by atoms with Gasteiger partial charge in [-0.1, -0.05) is 38.3 Å². The van der Waals surface area contributed by atoms with Crippen LogP contribution in [0.1, 0.15) is 52.9 Å².